The number of rotatable bonds is 6. The second-order valence-corrected chi connectivity index (χ2v) is 5.30. The minimum absolute atomic E-state index is 0.129. The van der Waals surface area contributed by atoms with Crippen LogP contribution < -0.4 is 4.74 Å². The molecule has 110 valence electrons. The largest absolute Gasteiger partial charge is 0.496 e. The van der Waals surface area contributed by atoms with Crippen molar-refractivity contribution < 1.29 is 18.7 Å². The third kappa shape index (κ3) is 4.37. The predicted molar refractivity (Wildman–Crippen MR) is 81.1 cm³/mol. The zero-order valence-corrected chi connectivity index (χ0v) is 13.0. The fraction of sp³-hybridized carbons (Fsp3) is 0.188. The number of benzene rings is 2. The quantitative estimate of drug-likeness (QED) is 0.737. The number of methoxy groups -OCH3 is 1. The Morgan fingerprint density at radius 1 is 1.19 bits per heavy atom. The first-order valence-corrected chi connectivity index (χ1v) is 7.08. The third-order valence-corrected chi connectivity index (χ3v) is 3.41. The van der Waals surface area contributed by atoms with Crippen LogP contribution in [0, 0.1) is 5.82 Å². The summed E-state index contributed by atoms with van der Waals surface area (Å²) >= 11 is 3.35. The number of carbonyl (C=O) groups is 1. The topological polar surface area (TPSA) is 35.5 Å². The highest BCUT2D eigenvalue weighted by atomic mass is 79.9. The van der Waals surface area contributed by atoms with Crippen molar-refractivity contribution >= 4 is 21.7 Å². The van der Waals surface area contributed by atoms with Gasteiger partial charge in [0.2, 0.25) is 0 Å². The molecule has 0 aliphatic heterocycles. The lowest BCUT2D eigenvalue weighted by Gasteiger charge is -2.08. The van der Waals surface area contributed by atoms with E-state index in [1.807, 2.05) is 24.3 Å². The van der Waals surface area contributed by atoms with Crippen molar-refractivity contribution in [3.05, 3.63) is 63.9 Å². The van der Waals surface area contributed by atoms with Crippen LogP contribution >= 0.6 is 15.9 Å². The van der Waals surface area contributed by atoms with E-state index < -0.39 is 5.82 Å². The van der Waals surface area contributed by atoms with Crippen LogP contribution in [0.15, 0.2) is 46.9 Å². The van der Waals surface area contributed by atoms with Gasteiger partial charge in [-0.25, -0.2) is 4.39 Å². The average molecular weight is 353 g/mol. The molecule has 0 saturated carbocycles. The first-order valence-electron chi connectivity index (χ1n) is 6.29. The summed E-state index contributed by atoms with van der Waals surface area (Å²) in [7, 11) is 1.44. The molecule has 0 bridgehead atoms. The number of hydrogen-bond acceptors (Lipinski definition) is 3. The first-order chi connectivity index (χ1) is 10.1. The smallest absolute Gasteiger partial charge is 0.192 e. The number of ketones is 1. The monoisotopic (exact) mass is 352 g/mol. The second kappa shape index (κ2) is 7.33. The Morgan fingerprint density at radius 3 is 2.57 bits per heavy atom. The van der Waals surface area contributed by atoms with Crippen LogP contribution in [0.1, 0.15) is 15.9 Å². The molecule has 2 aromatic carbocycles. The fourth-order valence-electron chi connectivity index (χ4n) is 1.82. The van der Waals surface area contributed by atoms with Gasteiger partial charge in [0.25, 0.3) is 0 Å². The second-order valence-electron chi connectivity index (χ2n) is 4.39. The Bertz CT molecular complexity index is 626. The highest BCUT2D eigenvalue weighted by Crippen LogP contribution is 2.20. The maximum absolute atomic E-state index is 13.2. The zero-order chi connectivity index (χ0) is 15.2. The van der Waals surface area contributed by atoms with E-state index in [1.54, 1.807) is 0 Å². The molecule has 2 aromatic rings. The van der Waals surface area contributed by atoms with Gasteiger partial charge in [0, 0.05) is 4.47 Å². The summed E-state index contributed by atoms with van der Waals surface area (Å²) in [5.41, 5.74) is 1.14. The number of carbonyl (C=O) groups excluding carboxylic acids is 1. The van der Waals surface area contributed by atoms with Gasteiger partial charge in [0.05, 0.1) is 19.3 Å². The lowest BCUT2D eigenvalue weighted by Crippen LogP contribution is -2.11. The summed E-state index contributed by atoms with van der Waals surface area (Å²) in [6.45, 7) is 0.187. The lowest BCUT2D eigenvalue weighted by atomic mass is 10.1. The molecule has 0 fully saturated rings. The Balaban J connectivity index is 1.95. The molecule has 0 aromatic heterocycles. The van der Waals surface area contributed by atoms with E-state index in [1.165, 1.54) is 19.2 Å². The van der Waals surface area contributed by atoms with Crippen LogP contribution in [-0.2, 0) is 11.3 Å². The minimum atomic E-state index is -0.480. The molecule has 2 rings (SSSR count). The summed E-state index contributed by atoms with van der Waals surface area (Å²) in [4.78, 5) is 12.0. The molecule has 0 atom stereocenters. The molecule has 0 saturated heterocycles. The summed E-state index contributed by atoms with van der Waals surface area (Å²) in [5.74, 6) is -0.454. The van der Waals surface area contributed by atoms with Gasteiger partial charge >= 0.3 is 0 Å². The summed E-state index contributed by atoms with van der Waals surface area (Å²) in [5, 5.41) is 0. The van der Waals surface area contributed by atoms with Crippen LogP contribution in [0.4, 0.5) is 4.39 Å². The third-order valence-electron chi connectivity index (χ3n) is 2.88. The fourth-order valence-corrected chi connectivity index (χ4v) is 2.08. The Hall–Kier alpha value is -1.72. The first kappa shape index (κ1) is 15.7. The van der Waals surface area contributed by atoms with Crippen molar-refractivity contribution in [1.29, 1.82) is 0 Å². The summed E-state index contributed by atoms with van der Waals surface area (Å²) in [6, 6.07) is 11.4. The molecule has 0 spiro atoms. The van der Waals surface area contributed by atoms with Gasteiger partial charge in [-0.1, -0.05) is 28.1 Å². The van der Waals surface area contributed by atoms with Crippen molar-refractivity contribution in [2.75, 3.05) is 13.7 Å². The van der Waals surface area contributed by atoms with Crippen molar-refractivity contribution in [1.82, 2.24) is 0 Å². The molecule has 21 heavy (non-hydrogen) atoms. The van der Waals surface area contributed by atoms with Crippen LogP contribution in [-0.4, -0.2) is 19.5 Å². The van der Waals surface area contributed by atoms with E-state index in [-0.39, 0.29) is 18.0 Å². The molecular weight excluding hydrogens is 339 g/mol. The van der Waals surface area contributed by atoms with Crippen LogP contribution in [0.3, 0.4) is 0 Å². The number of Topliss-reactive ketones (excluding diaryl/α,β-unsaturated/α-hetero) is 1. The molecule has 0 aliphatic rings. The molecule has 0 heterocycles. The van der Waals surface area contributed by atoms with E-state index in [9.17, 15) is 9.18 Å². The van der Waals surface area contributed by atoms with Crippen LogP contribution in [0.5, 0.6) is 5.75 Å². The highest BCUT2D eigenvalue weighted by molar-refractivity contribution is 9.10. The molecule has 0 aliphatic carbocycles. The van der Waals surface area contributed by atoms with Crippen molar-refractivity contribution in [2.24, 2.45) is 0 Å². The maximum atomic E-state index is 13.2. The van der Waals surface area contributed by atoms with Gasteiger partial charge in [-0.3, -0.25) is 4.79 Å². The number of halogens is 2. The molecule has 0 amide bonds. The van der Waals surface area contributed by atoms with Gasteiger partial charge in [-0.2, -0.15) is 0 Å². The zero-order valence-electron chi connectivity index (χ0n) is 11.4. The number of ether oxygens (including phenoxy) is 2. The van der Waals surface area contributed by atoms with E-state index in [2.05, 4.69) is 15.9 Å². The average Bonchev–Trinajstić information content (AvgIpc) is 2.49. The van der Waals surface area contributed by atoms with E-state index in [4.69, 9.17) is 9.47 Å². The molecule has 5 heteroatoms. The van der Waals surface area contributed by atoms with Gasteiger partial charge in [0.1, 0.15) is 18.2 Å². The SMILES string of the molecule is COc1ccc(F)cc1C(=O)COCc1ccc(Br)cc1. The molecule has 0 unspecified atom stereocenters. The van der Waals surface area contributed by atoms with Gasteiger partial charge in [-0.15, -0.1) is 0 Å². The van der Waals surface area contributed by atoms with Crippen molar-refractivity contribution in [3.8, 4) is 5.75 Å². The Labute approximate surface area is 130 Å². The maximum Gasteiger partial charge on any atom is 0.192 e. The van der Waals surface area contributed by atoms with E-state index in [0.717, 1.165) is 16.1 Å². The van der Waals surface area contributed by atoms with Crippen LogP contribution in [0.25, 0.3) is 0 Å². The normalized spacial score (nSPS) is 10.4. The van der Waals surface area contributed by atoms with Crippen molar-refractivity contribution in [2.45, 2.75) is 6.61 Å². The summed E-state index contributed by atoms with van der Waals surface area (Å²) < 4.78 is 24.6. The Kier molecular flexibility index (Phi) is 5.47. The highest BCUT2D eigenvalue weighted by Gasteiger charge is 2.13. The molecular formula is C16H14BrFO3. The lowest BCUT2D eigenvalue weighted by molar-refractivity contribution is 0.0723. The minimum Gasteiger partial charge on any atom is -0.496 e. The number of hydrogen-bond donors (Lipinski definition) is 0. The molecule has 0 N–H and O–H groups in total. The summed E-state index contributed by atoms with van der Waals surface area (Å²) in [6.07, 6.45) is 0. The Morgan fingerprint density at radius 2 is 1.90 bits per heavy atom. The van der Waals surface area contributed by atoms with Gasteiger partial charge in [-0.05, 0) is 35.9 Å². The molecule has 3 nitrogen and oxygen atoms in total. The van der Waals surface area contributed by atoms with E-state index in [0.29, 0.717) is 12.4 Å². The predicted octanol–water partition coefficient (Wildman–Crippen LogP) is 4.00. The van der Waals surface area contributed by atoms with Gasteiger partial charge < -0.3 is 9.47 Å². The standard InChI is InChI=1S/C16H14BrFO3/c1-20-16-7-6-13(18)8-14(16)15(19)10-21-9-11-2-4-12(17)5-3-11/h2-8H,9-10H2,1H3. The van der Waals surface area contributed by atoms with E-state index >= 15 is 0 Å². The van der Waals surface area contributed by atoms with Gasteiger partial charge in [0.15, 0.2) is 5.78 Å². The van der Waals surface area contributed by atoms with Crippen molar-refractivity contribution in [3.63, 3.8) is 0 Å². The van der Waals surface area contributed by atoms with Crippen LogP contribution in [0.2, 0.25) is 0 Å². The molecule has 0 radical (unpaired) electrons.